The van der Waals surface area contributed by atoms with Gasteiger partial charge in [-0.1, -0.05) is 42.0 Å². The van der Waals surface area contributed by atoms with Crippen molar-refractivity contribution in [2.75, 3.05) is 0 Å². The zero-order valence-electron chi connectivity index (χ0n) is 8.90. The second kappa shape index (κ2) is 3.49. The van der Waals surface area contributed by atoms with Crippen molar-refractivity contribution in [3.05, 3.63) is 54.4 Å². The summed E-state index contributed by atoms with van der Waals surface area (Å²) in [6.45, 7) is 2.08. The molecular formula is C14H10NO. The second-order valence-corrected chi connectivity index (χ2v) is 3.82. The lowest BCUT2D eigenvalue weighted by Gasteiger charge is -2.02. The van der Waals surface area contributed by atoms with Crippen molar-refractivity contribution in [3.63, 3.8) is 0 Å². The highest BCUT2D eigenvalue weighted by molar-refractivity contribution is 5.90. The first-order chi connectivity index (χ1) is 7.84. The van der Waals surface area contributed by atoms with Gasteiger partial charge in [-0.25, -0.2) is 4.98 Å². The molecule has 0 aliphatic rings. The van der Waals surface area contributed by atoms with Crippen molar-refractivity contribution in [2.45, 2.75) is 6.92 Å². The van der Waals surface area contributed by atoms with Gasteiger partial charge in [0.1, 0.15) is 5.52 Å². The van der Waals surface area contributed by atoms with Gasteiger partial charge in [0.15, 0.2) is 5.58 Å². The topological polar surface area (TPSA) is 26.0 Å². The number of nitrogens with zero attached hydrogens (tertiary/aromatic N) is 1. The number of rotatable bonds is 1. The average molecular weight is 208 g/mol. The normalized spacial score (nSPS) is 10.8. The Labute approximate surface area is 93.5 Å². The number of hydrogen-bond donors (Lipinski definition) is 0. The summed E-state index contributed by atoms with van der Waals surface area (Å²) in [5.41, 5.74) is 5.13. The highest BCUT2D eigenvalue weighted by atomic mass is 16.3. The van der Waals surface area contributed by atoms with Crippen LogP contribution in [0.2, 0.25) is 0 Å². The molecule has 0 saturated heterocycles. The van der Waals surface area contributed by atoms with Crippen LogP contribution in [0, 0.1) is 13.3 Å². The smallest absolute Gasteiger partial charge is 0.284 e. The summed E-state index contributed by atoms with van der Waals surface area (Å²) in [6.07, 6.45) is 2.53. The second-order valence-electron chi connectivity index (χ2n) is 3.82. The molecule has 0 spiro atoms. The molecule has 1 heterocycles. The van der Waals surface area contributed by atoms with Gasteiger partial charge in [-0.05, 0) is 18.6 Å². The van der Waals surface area contributed by atoms with E-state index in [-0.39, 0.29) is 0 Å². The Morgan fingerprint density at radius 2 is 1.88 bits per heavy atom. The summed E-state index contributed by atoms with van der Waals surface area (Å²) in [6, 6.07) is 14.3. The molecule has 16 heavy (non-hydrogen) atoms. The van der Waals surface area contributed by atoms with Crippen LogP contribution >= 0.6 is 0 Å². The maximum absolute atomic E-state index is 5.17. The standard InChI is InChI=1S/C14H10NO/c1-10-5-7-11(8-6-10)12-3-2-4-13-14(12)15-9-16-13/h2-8H,1H3. The lowest BCUT2D eigenvalue weighted by molar-refractivity contribution is 0.591. The van der Waals surface area contributed by atoms with E-state index in [9.17, 15) is 0 Å². The van der Waals surface area contributed by atoms with E-state index in [0.717, 1.165) is 22.2 Å². The molecule has 1 aromatic heterocycles. The first kappa shape index (κ1) is 9.16. The predicted octanol–water partition coefficient (Wildman–Crippen LogP) is 3.60. The first-order valence-corrected chi connectivity index (χ1v) is 5.17. The van der Waals surface area contributed by atoms with E-state index < -0.39 is 0 Å². The summed E-state index contributed by atoms with van der Waals surface area (Å²) in [7, 11) is 0. The third kappa shape index (κ3) is 1.39. The maximum Gasteiger partial charge on any atom is 0.284 e. The minimum absolute atomic E-state index is 0.776. The minimum Gasteiger partial charge on any atom is -0.432 e. The van der Waals surface area contributed by atoms with Crippen LogP contribution in [0.25, 0.3) is 22.2 Å². The number of para-hydroxylation sites is 1. The molecule has 0 aliphatic heterocycles. The lowest BCUT2D eigenvalue weighted by Crippen LogP contribution is -1.80. The average Bonchev–Trinajstić information content (AvgIpc) is 2.78. The van der Waals surface area contributed by atoms with Crippen LogP contribution in [-0.2, 0) is 0 Å². The Morgan fingerprint density at radius 3 is 2.69 bits per heavy atom. The van der Waals surface area contributed by atoms with Crippen LogP contribution in [-0.4, -0.2) is 4.98 Å². The monoisotopic (exact) mass is 208 g/mol. The molecule has 2 aromatic carbocycles. The van der Waals surface area contributed by atoms with Gasteiger partial charge in [0.2, 0.25) is 0 Å². The molecule has 0 unspecified atom stereocenters. The molecule has 0 bridgehead atoms. The highest BCUT2D eigenvalue weighted by Crippen LogP contribution is 2.27. The van der Waals surface area contributed by atoms with Crippen molar-refractivity contribution in [1.29, 1.82) is 0 Å². The fourth-order valence-corrected chi connectivity index (χ4v) is 1.80. The van der Waals surface area contributed by atoms with Crippen molar-refractivity contribution in [1.82, 2.24) is 4.98 Å². The molecule has 2 nitrogen and oxygen atoms in total. The van der Waals surface area contributed by atoms with Crippen molar-refractivity contribution >= 4 is 11.1 Å². The Hall–Kier alpha value is -2.09. The minimum atomic E-state index is 0.776. The van der Waals surface area contributed by atoms with Gasteiger partial charge < -0.3 is 4.42 Å². The van der Waals surface area contributed by atoms with Crippen molar-refractivity contribution in [3.8, 4) is 11.1 Å². The number of aromatic nitrogens is 1. The van der Waals surface area contributed by atoms with Crippen LogP contribution < -0.4 is 0 Å². The highest BCUT2D eigenvalue weighted by Gasteiger charge is 2.06. The van der Waals surface area contributed by atoms with Crippen LogP contribution in [0.15, 0.2) is 46.9 Å². The maximum atomic E-state index is 5.17. The molecule has 1 radical (unpaired) electrons. The van der Waals surface area contributed by atoms with Crippen LogP contribution in [0.5, 0.6) is 0 Å². The van der Waals surface area contributed by atoms with E-state index in [1.807, 2.05) is 18.2 Å². The quantitative estimate of drug-likeness (QED) is 0.610. The number of fused-ring (bicyclic) bond motifs is 1. The number of benzene rings is 2. The SMILES string of the molecule is Cc1ccc(-c2cccc3o[c]nc23)cc1. The zero-order valence-corrected chi connectivity index (χ0v) is 8.90. The molecule has 0 amide bonds. The molecule has 3 rings (SSSR count). The molecule has 0 aliphatic carbocycles. The number of aryl methyl sites for hydroxylation is 1. The molecular weight excluding hydrogens is 198 g/mol. The Morgan fingerprint density at radius 1 is 1.06 bits per heavy atom. The largest absolute Gasteiger partial charge is 0.432 e. The van der Waals surface area contributed by atoms with Crippen molar-refractivity contribution < 1.29 is 4.42 Å². The molecule has 2 heteroatoms. The van der Waals surface area contributed by atoms with E-state index in [2.05, 4.69) is 42.6 Å². The fraction of sp³-hybridized carbons (Fsp3) is 0.0714. The third-order valence-corrected chi connectivity index (χ3v) is 2.67. The lowest BCUT2D eigenvalue weighted by atomic mass is 10.0. The van der Waals surface area contributed by atoms with E-state index in [1.54, 1.807) is 0 Å². The number of oxazole rings is 1. The predicted molar refractivity (Wildman–Crippen MR) is 63.0 cm³/mol. The van der Waals surface area contributed by atoms with Gasteiger partial charge in [0.25, 0.3) is 6.39 Å². The van der Waals surface area contributed by atoms with Crippen LogP contribution in [0.3, 0.4) is 0 Å². The molecule has 77 valence electrons. The van der Waals surface area contributed by atoms with Gasteiger partial charge in [-0.3, -0.25) is 0 Å². The molecule has 3 aromatic rings. The summed E-state index contributed by atoms with van der Waals surface area (Å²) in [5, 5.41) is 0. The third-order valence-electron chi connectivity index (χ3n) is 2.67. The van der Waals surface area contributed by atoms with Gasteiger partial charge in [-0.15, -0.1) is 0 Å². The summed E-state index contributed by atoms with van der Waals surface area (Å²) >= 11 is 0. The Kier molecular flexibility index (Phi) is 2.00. The van der Waals surface area contributed by atoms with Gasteiger partial charge in [-0.2, -0.15) is 0 Å². The molecule has 0 atom stereocenters. The summed E-state index contributed by atoms with van der Waals surface area (Å²) < 4.78 is 5.17. The Balaban J connectivity index is 2.25. The molecule has 0 fully saturated rings. The van der Waals surface area contributed by atoms with E-state index in [0.29, 0.717) is 0 Å². The number of hydrogen-bond acceptors (Lipinski definition) is 2. The van der Waals surface area contributed by atoms with Crippen LogP contribution in [0.4, 0.5) is 0 Å². The van der Waals surface area contributed by atoms with E-state index in [4.69, 9.17) is 4.42 Å². The van der Waals surface area contributed by atoms with E-state index >= 15 is 0 Å². The van der Waals surface area contributed by atoms with Gasteiger partial charge in [0.05, 0.1) is 0 Å². The summed E-state index contributed by atoms with van der Waals surface area (Å²) in [5.74, 6) is 0. The summed E-state index contributed by atoms with van der Waals surface area (Å²) in [4.78, 5) is 4.13. The van der Waals surface area contributed by atoms with Crippen LogP contribution in [0.1, 0.15) is 5.56 Å². The van der Waals surface area contributed by atoms with E-state index in [1.165, 1.54) is 5.56 Å². The fourth-order valence-electron chi connectivity index (χ4n) is 1.80. The molecule has 0 saturated carbocycles. The van der Waals surface area contributed by atoms with Crippen molar-refractivity contribution in [2.24, 2.45) is 0 Å². The molecule has 0 N–H and O–H groups in total. The van der Waals surface area contributed by atoms with Gasteiger partial charge in [0, 0.05) is 5.56 Å². The first-order valence-electron chi connectivity index (χ1n) is 5.17. The Bertz CT molecular complexity index is 623. The zero-order chi connectivity index (χ0) is 11.0. The van der Waals surface area contributed by atoms with Gasteiger partial charge >= 0.3 is 0 Å².